The van der Waals surface area contributed by atoms with Crippen molar-refractivity contribution in [1.82, 2.24) is 4.90 Å². The first-order valence-corrected chi connectivity index (χ1v) is 5.02. The van der Waals surface area contributed by atoms with Crippen molar-refractivity contribution in [2.24, 2.45) is 15.7 Å². The van der Waals surface area contributed by atoms with E-state index in [4.69, 9.17) is 15.6 Å². The number of aliphatic hydroxyl groups is 3. The Bertz CT molecular complexity index is 383. The molecule has 8 nitrogen and oxygen atoms in total. The standard InChI is InChI=1S/C9H14N4O4/c1-4-12-9(10)11-3-13(4)8-7(16)6(15)5(2-14)17-8/h3,5-8,14-16H,1-2H2,(H2,10,12)/t5-,6?,7+,8-/m1/s1. The molecule has 0 bridgehead atoms. The monoisotopic (exact) mass is 242 g/mol. The molecule has 0 aliphatic carbocycles. The summed E-state index contributed by atoms with van der Waals surface area (Å²) in [7, 11) is 0. The Labute approximate surface area is 97.3 Å². The van der Waals surface area contributed by atoms with E-state index in [1.165, 1.54) is 11.2 Å². The van der Waals surface area contributed by atoms with Gasteiger partial charge >= 0.3 is 0 Å². The van der Waals surface area contributed by atoms with Crippen molar-refractivity contribution >= 4 is 12.3 Å². The van der Waals surface area contributed by atoms with Crippen LogP contribution < -0.4 is 5.73 Å². The van der Waals surface area contributed by atoms with Crippen LogP contribution in [0.1, 0.15) is 0 Å². The van der Waals surface area contributed by atoms with Gasteiger partial charge in [0.1, 0.15) is 30.5 Å². The summed E-state index contributed by atoms with van der Waals surface area (Å²) in [6.45, 7) is 3.24. The van der Waals surface area contributed by atoms with Gasteiger partial charge in [-0.2, -0.15) is 4.99 Å². The van der Waals surface area contributed by atoms with E-state index in [1.54, 1.807) is 0 Å². The maximum atomic E-state index is 9.78. The highest BCUT2D eigenvalue weighted by atomic mass is 16.6. The first kappa shape index (κ1) is 12.0. The van der Waals surface area contributed by atoms with E-state index in [-0.39, 0.29) is 11.8 Å². The molecule has 2 heterocycles. The predicted octanol–water partition coefficient (Wildman–Crippen LogP) is -2.44. The van der Waals surface area contributed by atoms with Crippen LogP contribution in [0.25, 0.3) is 0 Å². The molecule has 1 fully saturated rings. The lowest BCUT2D eigenvalue weighted by atomic mass is 10.1. The lowest BCUT2D eigenvalue weighted by Gasteiger charge is -2.29. The van der Waals surface area contributed by atoms with Gasteiger partial charge in [-0.1, -0.05) is 6.58 Å². The zero-order valence-electron chi connectivity index (χ0n) is 8.97. The Morgan fingerprint density at radius 2 is 2.18 bits per heavy atom. The van der Waals surface area contributed by atoms with Gasteiger partial charge in [0.25, 0.3) is 0 Å². The van der Waals surface area contributed by atoms with E-state index < -0.39 is 31.1 Å². The molecule has 5 N–H and O–H groups in total. The second-order valence-electron chi connectivity index (χ2n) is 3.77. The summed E-state index contributed by atoms with van der Waals surface area (Å²) >= 11 is 0. The average Bonchev–Trinajstić information content (AvgIpc) is 2.57. The van der Waals surface area contributed by atoms with Crippen LogP contribution in [-0.4, -0.2) is 63.7 Å². The minimum Gasteiger partial charge on any atom is -0.394 e. The zero-order chi connectivity index (χ0) is 12.6. The summed E-state index contributed by atoms with van der Waals surface area (Å²) in [5, 5.41) is 28.3. The van der Waals surface area contributed by atoms with Crippen LogP contribution in [0.4, 0.5) is 0 Å². The van der Waals surface area contributed by atoms with Gasteiger partial charge in [0.15, 0.2) is 6.23 Å². The Balaban J connectivity index is 2.15. The second-order valence-corrected chi connectivity index (χ2v) is 3.77. The molecule has 1 unspecified atom stereocenters. The largest absolute Gasteiger partial charge is 0.394 e. The molecule has 0 aromatic carbocycles. The molecule has 4 atom stereocenters. The fourth-order valence-electron chi connectivity index (χ4n) is 1.73. The molecule has 0 spiro atoms. The van der Waals surface area contributed by atoms with Crippen LogP contribution in [0, 0.1) is 0 Å². The highest BCUT2D eigenvalue weighted by Gasteiger charge is 2.45. The molecule has 17 heavy (non-hydrogen) atoms. The first-order valence-electron chi connectivity index (χ1n) is 5.02. The molecule has 0 aromatic rings. The topological polar surface area (TPSA) is 124 Å². The van der Waals surface area contributed by atoms with E-state index in [1.807, 2.05) is 0 Å². The Morgan fingerprint density at radius 1 is 1.47 bits per heavy atom. The lowest BCUT2D eigenvalue weighted by molar-refractivity contribution is -0.0607. The average molecular weight is 242 g/mol. The Morgan fingerprint density at radius 3 is 2.71 bits per heavy atom. The third-order valence-electron chi connectivity index (χ3n) is 2.65. The van der Waals surface area contributed by atoms with Crippen molar-refractivity contribution in [3.05, 3.63) is 12.4 Å². The molecule has 2 rings (SSSR count). The van der Waals surface area contributed by atoms with Crippen molar-refractivity contribution < 1.29 is 20.1 Å². The quantitative estimate of drug-likeness (QED) is 0.426. The van der Waals surface area contributed by atoms with Crippen molar-refractivity contribution in [3.8, 4) is 0 Å². The molecule has 0 amide bonds. The maximum absolute atomic E-state index is 9.78. The third kappa shape index (κ3) is 2.03. The fourth-order valence-corrected chi connectivity index (χ4v) is 1.73. The normalized spacial score (nSPS) is 37.5. The van der Waals surface area contributed by atoms with Crippen LogP contribution >= 0.6 is 0 Å². The molecular formula is C9H14N4O4. The smallest absolute Gasteiger partial charge is 0.223 e. The minimum absolute atomic E-state index is 0.0537. The number of hydrogen-bond donors (Lipinski definition) is 4. The van der Waals surface area contributed by atoms with E-state index >= 15 is 0 Å². The zero-order valence-corrected chi connectivity index (χ0v) is 8.97. The number of guanidine groups is 1. The van der Waals surface area contributed by atoms with Gasteiger partial charge in [-0.3, -0.25) is 4.90 Å². The van der Waals surface area contributed by atoms with Gasteiger partial charge in [0.2, 0.25) is 5.96 Å². The van der Waals surface area contributed by atoms with Gasteiger partial charge in [-0.05, 0) is 0 Å². The molecule has 94 valence electrons. The van der Waals surface area contributed by atoms with Crippen molar-refractivity contribution in [2.45, 2.75) is 24.5 Å². The predicted molar refractivity (Wildman–Crippen MR) is 58.9 cm³/mol. The van der Waals surface area contributed by atoms with Gasteiger partial charge < -0.3 is 25.8 Å². The highest BCUT2D eigenvalue weighted by Crippen LogP contribution is 2.26. The number of rotatable bonds is 2. The summed E-state index contributed by atoms with van der Waals surface area (Å²) < 4.78 is 5.29. The number of aliphatic imine (C=N–C) groups is 2. The van der Waals surface area contributed by atoms with Crippen LogP contribution in [0.2, 0.25) is 0 Å². The van der Waals surface area contributed by atoms with Crippen LogP contribution in [0.5, 0.6) is 0 Å². The van der Waals surface area contributed by atoms with Crippen LogP contribution in [0.3, 0.4) is 0 Å². The molecule has 8 heteroatoms. The lowest BCUT2D eigenvalue weighted by Crippen LogP contribution is -2.44. The SMILES string of the molecule is C=C1N=C(N)N=CN1[C@@H]1O[C@H](CO)C(O)[C@@H]1O. The summed E-state index contributed by atoms with van der Waals surface area (Å²) in [4.78, 5) is 8.91. The van der Waals surface area contributed by atoms with Crippen molar-refractivity contribution in [3.63, 3.8) is 0 Å². The van der Waals surface area contributed by atoms with E-state index in [0.717, 1.165) is 0 Å². The molecular weight excluding hydrogens is 228 g/mol. The van der Waals surface area contributed by atoms with Crippen LogP contribution in [0.15, 0.2) is 22.4 Å². The first-order chi connectivity index (χ1) is 8.04. The molecule has 2 aliphatic heterocycles. The number of aliphatic hydroxyl groups excluding tert-OH is 3. The number of ether oxygens (including phenoxy) is 1. The van der Waals surface area contributed by atoms with E-state index in [2.05, 4.69) is 16.6 Å². The van der Waals surface area contributed by atoms with Gasteiger partial charge in [-0.15, -0.1) is 0 Å². The summed E-state index contributed by atoms with van der Waals surface area (Å²) in [6, 6.07) is 0. The van der Waals surface area contributed by atoms with Crippen LogP contribution in [-0.2, 0) is 4.74 Å². The minimum atomic E-state index is -1.19. The summed E-state index contributed by atoms with van der Waals surface area (Å²) in [5.74, 6) is 0.297. The Hall–Kier alpha value is -1.48. The summed E-state index contributed by atoms with van der Waals surface area (Å²) in [5.41, 5.74) is 5.37. The third-order valence-corrected chi connectivity index (χ3v) is 2.65. The molecule has 0 radical (unpaired) electrons. The second kappa shape index (κ2) is 4.41. The molecule has 0 saturated carbocycles. The van der Waals surface area contributed by atoms with Gasteiger partial charge in [0, 0.05) is 0 Å². The molecule has 1 saturated heterocycles. The molecule has 2 aliphatic rings. The molecule has 0 aromatic heterocycles. The Kier molecular flexibility index (Phi) is 3.11. The fraction of sp³-hybridized carbons (Fsp3) is 0.556. The van der Waals surface area contributed by atoms with E-state index in [9.17, 15) is 10.2 Å². The maximum Gasteiger partial charge on any atom is 0.223 e. The number of nitrogens with zero attached hydrogens (tertiary/aromatic N) is 3. The van der Waals surface area contributed by atoms with Crippen molar-refractivity contribution in [1.29, 1.82) is 0 Å². The van der Waals surface area contributed by atoms with E-state index in [0.29, 0.717) is 0 Å². The summed E-state index contributed by atoms with van der Waals surface area (Å²) in [6.07, 6.45) is -2.79. The van der Waals surface area contributed by atoms with Crippen molar-refractivity contribution in [2.75, 3.05) is 6.61 Å². The highest BCUT2D eigenvalue weighted by molar-refractivity contribution is 5.89. The number of nitrogens with two attached hydrogens (primary N) is 1. The van der Waals surface area contributed by atoms with Gasteiger partial charge in [0.05, 0.1) is 6.61 Å². The number of hydrogen-bond acceptors (Lipinski definition) is 8. The van der Waals surface area contributed by atoms with Gasteiger partial charge in [-0.25, -0.2) is 4.99 Å².